The van der Waals surface area contributed by atoms with Gasteiger partial charge in [-0.2, -0.15) is 0 Å². The molecule has 3 amide bonds. The maximum atomic E-state index is 12.7. The van der Waals surface area contributed by atoms with Crippen LogP contribution in [0.5, 0.6) is 5.75 Å². The minimum absolute atomic E-state index is 0.115. The number of ether oxygens (including phenoxy) is 1. The molecule has 2 heterocycles. The van der Waals surface area contributed by atoms with Gasteiger partial charge in [-0.05, 0) is 25.0 Å². The third-order valence-corrected chi connectivity index (χ3v) is 6.08. The molecule has 0 radical (unpaired) electrons. The molecule has 1 N–H and O–H groups in total. The van der Waals surface area contributed by atoms with Gasteiger partial charge in [0.25, 0.3) is 5.91 Å². The first kappa shape index (κ1) is 21.3. The summed E-state index contributed by atoms with van der Waals surface area (Å²) in [5, 5.41) is 2.79. The van der Waals surface area contributed by atoms with Crippen LogP contribution < -0.4 is 10.1 Å². The van der Waals surface area contributed by atoms with E-state index in [1.807, 2.05) is 29.2 Å². The van der Waals surface area contributed by atoms with E-state index < -0.39 is 0 Å². The van der Waals surface area contributed by atoms with Gasteiger partial charge in [-0.3, -0.25) is 19.3 Å². The highest BCUT2D eigenvalue weighted by atomic mass is 32.2. The molecule has 0 unspecified atom stereocenters. The lowest BCUT2D eigenvalue weighted by atomic mass is 10.2. The molecular weight excluding hydrogens is 410 g/mol. The van der Waals surface area contributed by atoms with Gasteiger partial charge in [0, 0.05) is 31.6 Å². The van der Waals surface area contributed by atoms with Crippen LogP contribution in [-0.2, 0) is 14.4 Å². The molecule has 0 saturated carbocycles. The highest BCUT2D eigenvalue weighted by Gasteiger charge is 2.33. The molecule has 0 atom stereocenters. The predicted molar refractivity (Wildman–Crippen MR) is 116 cm³/mol. The van der Waals surface area contributed by atoms with Gasteiger partial charge < -0.3 is 15.0 Å². The Balaban J connectivity index is 1.51. The van der Waals surface area contributed by atoms with Crippen LogP contribution in [0.1, 0.15) is 24.8 Å². The predicted octanol–water partition coefficient (Wildman–Crippen LogP) is 2.03. The van der Waals surface area contributed by atoms with E-state index in [-0.39, 0.29) is 24.3 Å². The number of hydrogen-bond donors (Lipinski definition) is 1. The van der Waals surface area contributed by atoms with Crippen molar-refractivity contribution in [3.8, 4) is 5.75 Å². The van der Waals surface area contributed by atoms with E-state index in [1.54, 1.807) is 13.2 Å². The van der Waals surface area contributed by atoms with E-state index >= 15 is 0 Å². The number of benzene rings is 1. The number of rotatable bonds is 8. The first-order chi connectivity index (χ1) is 14.0. The maximum Gasteiger partial charge on any atom is 0.266 e. The quantitative estimate of drug-likeness (QED) is 0.384. The fraction of sp³-hybridized carbons (Fsp3) is 0.400. The number of hydrogen-bond acceptors (Lipinski definition) is 6. The molecule has 29 heavy (non-hydrogen) atoms. The summed E-state index contributed by atoms with van der Waals surface area (Å²) < 4.78 is 5.66. The molecule has 9 heteroatoms. The van der Waals surface area contributed by atoms with E-state index in [0.717, 1.165) is 18.5 Å². The van der Waals surface area contributed by atoms with E-state index in [2.05, 4.69) is 5.32 Å². The van der Waals surface area contributed by atoms with Crippen molar-refractivity contribution < 1.29 is 19.1 Å². The van der Waals surface area contributed by atoms with Gasteiger partial charge in [-0.1, -0.05) is 42.2 Å². The van der Waals surface area contributed by atoms with Crippen molar-refractivity contribution >= 4 is 52.1 Å². The highest BCUT2D eigenvalue weighted by molar-refractivity contribution is 8.26. The van der Waals surface area contributed by atoms with Gasteiger partial charge >= 0.3 is 0 Å². The molecule has 154 valence electrons. The Kier molecular flexibility index (Phi) is 7.27. The monoisotopic (exact) mass is 433 g/mol. The van der Waals surface area contributed by atoms with Crippen LogP contribution in [-0.4, -0.2) is 65.1 Å². The first-order valence-electron chi connectivity index (χ1n) is 9.42. The number of thioether (sulfide) groups is 1. The number of para-hydroxylation sites is 1. The van der Waals surface area contributed by atoms with E-state index in [1.165, 1.54) is 16.7 Å². The summed E-state index contributed by atoms with van der Waals surface area (Å²) in [6.07, 6.45) is 3.93. The Bertz CT molecular complexity index is 856. The number of carbonyl (C=O) groups excluding carboxylic acids is 3. The van der Waals surface area contributed by atoms with Crippen molar-refractivity contribution in [2.75, 3.05) is 33.3 Å². The second kappa shape index (κ2) is 9.89. The lowest BCUT2D eigenvalue weighted by Gasteiger charge is -2.16. The van der Waals surface area contributed by atoms with Gasteiger partial charge in [0.15, 0.2) is 0 Å². The molecule has 2 aliphatic rings. The van der Waals surface area contributed by atoms with Gasteiger partial charge in [0.1, 0.15) is 16.6 Å². The van der Waals surface area contributed by atoms with E-state index in [4.69, 9.17) is 17.0 Å². The summed E-state index contributed by atoms with van der Waals surface area (Å²) in [6.45, 7) is 1.77. The standard InChI is InChI=1S/C20H23N3O4S2/c1-27-15-7-3-2-6-14(15)12-16-19(26)23(20(28)29-16)13-17(24)21-9-5-11-22-10-4-8-18(22)25/h2-3,6-7,12H,4-5,8-11,13H2,1H3,(H,21,24)/b16-12+. The fourth-order valence-electron chi connectivity index (χ4n) is 3.20. The lowest BCUT2D eigenvalue weighted by Crippen LogP contribution is -2.40. The van der Waals surface area contributed by atoms with E-state index in [9.17, 15) is 14.4 Å². The summed E-state index contributed by atoms with van der Waals surface area (Å²) in [5.74, 6) is 0.277. The molecule has 0 spiro atoms. The molecule has 2 aliphatic heterocycles. The van der Waals surface area contributed by atoms with Crippen LogP contribution >= 0.6 is 24.0 Å². The molecular formula is C20H23N3O4S2. The molecule has 1 aromatic rings. The SMILES string of the molecule is COc1ccccc1/C=C1/SC(=S)N(CC(=O)NCCCN2CCCC2=O)C1=O. The van der Waals surface area contributed by atoms with Crippen LogP contribution in [0.2, 0.25) is 0 Å². The average molecular weight is 434 g/mol. The Morgan fingerprint density at radius 1 is 1.34 bits per heavy atom. The van der Waals surface area contributed by atoms with Crippen LogP contribution in [0.4, 0.5) is 0 Å². The Hall–Kier alpha value is -2.39. The normalized spacial score (nSPS) is 18.1. The third-order valence-electron chi connectivity index (χ3n) is 4.70. The van der Waals surface area contributed by atoms with Crippen molar-refractivity contribution in [2.24, 2.45) is 0 Å². The van der Waals surface area contributed by atoms with Crippen molar-refractivity contribution in [1.29, 1.82) is 0 Å². The zero-order chi connectivity index (χ0) is 20.8. The zero-order valence-electron chi connectivity index (χ0n) is 16.2. The molecule has 2 saturated heterocycles. The Morgan fingerprint density at radius 2 is 2.14 bits per heavy atom. The Labute approximate surface area is 179 Å². The third kappa shape index (κ3) is 5.36. The van der Waals surface area contributed by atoms with Crippen molar-refractivity contribution in [1.82, 2.24) is 15.1 Å². The maximum absolute atomic E-state index is 12.7. The number of amides is 3. The first-order valence-corrected chi connectivity index (χ1v) is 10.6. The second-order valence-corrected chi connectivity index (χ2v) is 8.37. The summed E-state index contributed by atoms with van der Waals surface area (Å²) in [4.78, 5) is 40.1. The molecule has 0 aliphatic carbocycles. The molecule has 0 bridgehead atoms. The number of methoxy groups -OCH3 is 1. The summed E-state index contributed by atoms with van der Waals surface area (Å²) in [6, 6.07) is 7.38. The van der Waals surface area contributed by atoms with Crippen molar-refractivity contribution in [3.63, 3.8) is 0 Å². The number of thiocarbonyl (C=S) groups is 1. The van der Waals surface area contributed by atoms with Crippen LogP contribution in [0.25, 0.3) is 6.08 Å². The van der Waals surface area contributed by atoms with Gasteiger partial charge in [-0.25, -0.2) is 0 Å². The highest BCUT2D eigenvalue weighted by Crippen LogP contribution is 2.33. The van der Waals surface area contributed by atoms with Gasteiger partial charge in [0.2, 0.25) is 11.8 Å². The Morgan fingerprint density at radius 3 is 2.86 bits per heavy atom. The molecule has 3 rings (SSSR count). The van der Waals surface area contributed by atoms with Crippen molar-refractivity contribution in [3.05, 3.63) is 34.7 Å². The number of nitrogens with one attached hydrogen (secondary N) is 1. The number of carbonyl (C=O) groups is 3. The smallest absolute Gasteiger partial charge is 0.266 e. The minimum atomic E-state index is -0.288. The van der Waals surface area contributed by atoms with Crippen LogP contribution in [0.3, 0.4) is 0 Å². The average Bonchev–Trinajstić information content (AvgIpc) is 3.23. The second-order valence-electron chi connectivity index (χ2n) is 6.70. The molecule has 7 nitrogen and oxygen atoms in total. The summed E-state index contributed by atoms with van der Waals surface area (Å²) >= 11 is 6.46. The summed E-state index contributed by atoms with van der Waals surface area (Å²) in [7, 11) is 1.57. The largest absolute Gasteiger partial charge is 0.496 e. The van der Waals surface area contributed by atoms with Gasteiger partial charge in [0.05, 0.1) is 12.0 Å². The minimum Gasteiger partial charge on any atom is -0.496 e. The van der Waals surface area contributed by atoms with Crippen LogP contribution in [0, 0.1) is 0 Å². The fourth-order valence-corrected chi connectivity index (χ4v) is 4.45. The van der Waals surface area contributed by atoms with Gasteiger partial charge in [-0.15, -0.1) is 0 Å². The molecule has 0 aromatic heterocycles. The topological polar surface area (TPSA) is 79.0 Å². The summed E-state index contributed by atoms with van der Waals surface area (Å²) in [5.41, 5.74) is 0.774. The molecule has 1 aromatic carbocycles. The van der Waals surface area contributed by atoms with Crippen LogP contribution in [0.15, 0.2) is 29.2 Å². The zero-order valence-corrected chi connectivity index (χ0v) is 17.8. The molecule has 2 fully saturated rings. The number of likely N-dealkylation sites (tertiary alicyclic amines) is 1. The number of nitrogens with zero attached hydrogens (tertiary/aromatic N) is 2. The lowest BCUT2D eigenvalue weighted by molar-refractivity contribution is -0.129. The van der Waals surface area contributed by atoms with Crippen molar-refractivity contribution in [2.45, 2.75) is 19.3 Å². The van der Waals surface area contributed by atoms with E-state index in [0.29, 0.717) is 40.9 Å².